The second-order valence-electron chi connectivity index (χ2n) is 1.22. The van der Waals surface area contributed by atoms with Crippen LogP contribution < -0.4 is 5.90 Å². The average Bonchev–Trinajstić information content (AvgIpc) is 1.68. The molecule has 0 aliphatic carbocycles. The van der Waals surface area contributed by atoms with E-state index in [2.05, 4.69) is 17.3 Å². The highest BCUT2D eigenvalue weighted by Gasteiger charge is 1.85. The monoisotopic (exact) mass is 103 g/mol. The molecule has 42 valence electrons. The second kappa shape index (κ2) is 3.80. The predicted octanol–water partition coefficient (Wildman–Crippen LogP) is -0.575. The van der Waals surface area contributed by atoms with Gasteiger partial charge < -0.3 is 9.94 Å². The smallest absolute Gasteiger partial charge is 0.0909 e. The van der Waals surface area contributed by atoms with Crippen LogP contribution in [0.1, 0.15) is 0 Å². The molecule has 3 N–H and O–H groups in total. The van der Waals surface area contributed by atoms with Crippen molar-refractivity contribution in [2.24, 2.45) is 5.90 Å². The highest BCUT2D eigenvalue weighted by Crippen LogP contribution is 1.83. The Kier molecular flexibility index (Phi) is 3.59. The van der Waals surface area contributed by atoms with Crippen molar-refractivity contribution in [1.82, 2.24) is 0 Å². The molecule has 0 spiro atoms. The molecule has 0 heterocycles. The van der Waals surface area contributed by atoms with Gasteiger partial charge in [-0.2, -0.15) is 0 Å². The van der Waals surface area contributed by atoms with E-state index < -0.39 is 0 Å². The Hall–Kier alpha value is -0.380. The summed E-state index contributed by atoms with van der Waals surface area (Å²) in [5, 5.41) is 8.23. The van der Waals surface area contributed by atoms with E-state index in [1.165, 1.54) is 0 Å². The molecule has 0 aliphatic rings. The van der Waals surface area contributed by atoms with Crippen molar-refractivity contribution in [2.75, 3.05) is 13.2 Å². The quantitative estimate of drug-likeness (QED) is 0.371. The minimum absolute atomic E-state index is 0.0583. The van der Waals surface area contributed by atoms with E-state index in [1.54, 1.807) is 0 Å². The Balaban J connectivity index is 3.00. The van der Waals surface area contributed by atoms with Crippen LogP contribution in [-0.2, 0) is 4.84 Å². The third-order valence-electron chi connectivity index (χ3n) is 0.511. The molecular formula is C4H9NO2. The maximum atomic E-state index is 8.23. The maximum absolute atomic E-state index is 8.23. The molecule has 0 unspecified atom stereocenters. The van der Waals surface area contributed by atoms with Gasteiger partial charge in [0.2, 0.25) is 0 Å². The van der Waals surface area contributed by atoms with E-state index in [0.717, 1.165) is 0 Å². The van der Waals surface area contributed by atoms with Gasteiger partial charge >= 0.3 is 0 Å². The molecule has 0 aromatic rings. The van der Waals surface area contributed by atoms with E-state index in [0.29, 0.717) is 5.57 Å². The summed E-state index contributed by atoms with van der Waals surface area (Å²) >= 11 is 0. The Morgan fingerprint density at radius 2 is 2.43 bits per heavy atom. The van der Waals surface area contributed by atoms with Gasteiger partial charge in [-0.25, -0.2) is 5.90 Å². The molecule has 0 rings (SSSR count). The molecule has 0 radical (unpaired) electrons. The molecule has 0 amide bonds. The minimum atomic E-state index is -0.0583. The van der Waals surface area contributed by atoms with E-state index in [-0.39, 0.29) is 13.2 Å². The van der Waals surface area contributed by atoms with Crippen molar-refractivity contribution in [2.45, 2.75) is 0 Å². The maximum Gasteiger partial charge on any atom is 0.0909 e. The lowest BCUT2D eigenvalue weighted by Gasteiger charge is -1.94. The van der Waals surface area contributed by atoms with E-state index >= 15 is 0 Å². The molecule has 0 aliphatic heterocycles. The van der Waals surface area contributed by atoms with Crippen LogP contribution in [0.4, 0.5) is 0 Å². The van der Waals surface area contributed by atoms with Crippen LogP contribution in [0.25, 0.3) is 0 Å². The molecule has 3 heteroatoms. The first kappa shape index (κ1) is 6.62. The number of hydrogen-bond acceptors (Lipinski definition) is 3. The topological polar surface area (TPSA) is 55.5 Å². The summed E-state index contributed by atoms with van der Waals surface area (Å²) in [6.07, 6.45) is 0. The van der Waals surface area contributed by atoms with Crippen LogP contribution in [0.15, 0.2) is 12.2 Å². The molecule has 7 heavy (non-hydrogen) atoms. The number of hydrogen-bond donors (Lipinski definition) is 2. The Morgan fingerprint density at radius 1 is 1.86 bits per heavy atom. The fourth-order valence-electron chi connectivity index (χ4n) is 0.163. The summed E-state index contributed by atoms with van der Waals surface area (Å²) in [6, 6.07) is 0. The lowest BCUT2D eigenvalue weighted by molar-refractivity contribution is 0.151. The third kappa shape index (κ3) is 3.45. The van der Waals surface area contributed by atoms with Crippen LogP contribution in [0.2, 0.25) is 0 Å². The van der Waals surface area contributed by atoms with Crippen molar-refractivity contribution in [3.05, 3.63) is 12.2 Å². The first-order valence-corrected chi connectivity index (χ1v) is 1.90. The van der Waals surface area contributed by atoms with Crippen molar-refractivity contribution in [3.63, 3.8) is 0 Å². The highest BCUT2D eigenvalue weighted by molar-refractivity contribution is 4.92. The zero-order valence-corrected chi connectivity index (χ0v) is 4.05. The van der Waals surface area contributed by atoms with Crippen LogP contribution in [0.3, 0.4) is 0 Å². The molecule has 0 fully saturated rings. The zero-order valence-electron chi connectivity index (χ0n) is 4.05. The standard InChI is InChI=1S/C4H9NO2/c1-4(2-6)3-7-5/h6H,1-3,5H2. The average molecular weight is 103 g/mol. The molecule has 0 saturated carbocycles. The molecule has 3 nitrogen and oxygen atoms in total. The summed E-state index contributed by atoms with van der Waals surface area (Å²) in [5.74, 6) is 4.63. The lowest BCUT2D eigenvalue weighted by Crippen LogP contribution is -2.04. The third-order valence-corrected chi connectivity index (χ3v) is 0.511. The van der Waals surface area contributed by atoms with E-state index in [1.807, 2.05) is 0 Å². The van der Waals surface area contributed by atoms with Crippen molar-refractivity contribution in [3.8, 4) is 0 Å². The number of nitrogens with two attached hydrogens (primary N) is 1. The second-order valence-corrected chi connectivity index (χ2v) is 1.22. The number of aliphatic hydroxyl groups excluding tert-OH is 1. The zero-order chi connectivity index (χ0) is 5.70. The summed E-state index contributed by atoms with van der Waals surface area (Å²) in [5.41, 5.74) is 0.586. The van der Waals surface area contributed by atoms with Crippen LogP contribution in [-0.4, -0.2) is 18.3 Å². The Morgan fingerprint density at radius 3 is 2.57 bits per heavy atom. The van der Waals surface area contributed by atoms with Gasteiger partial charge in [0.05, 0.1) is 13.2 Å². The van der Waals surface area contributed by atoms with Gasteiger partial charge in [0.25, 0.3) is 0 Å². The lowest BCUT2D eigenvalue weighted by atomic mass is 10.4. The van der Waals surface area contributed by atoms with E-state index in [9.17, 15) is 0 Å². The summed E-state index contributed by atoms with van der Waals surface area (Å²) in [7, 11) is 0. The van der Waals surface area contributed by atoms with Crippen LogP contribution in [0, 0.1) is 0 Å². The Bertz CT molecular complexity index is 62.7. The molecule has 0 aromatic carbocycles. The summed E-state index contributed by atoms with van der Waals surface area (Å²) in [6.45, 7) is 3.58. The van der Waals surface area contributed by atoms with Crippen molar-refractivity contribution >= 4 is 0 Å². The van der Waals surface area contributed by atoms with Crippen molar-refractivity contribution in [1.29, 1.82) is 0 Å². The van der Waals surface area contributed by atoms with Gasteiger partial charge in [-0.05, 0) is 5.57 Å². The van der Waals surface area contributed by atoms with Crippen molar-refractivity contribution < 1.29 is 9.94 Å². The molecule has 0 atom stereocenters. The van der Waals surface area contributed by atoms with Gasteiger partial charge in [0, 0.05) is 0 Å². The van der Waals surface area contributed by atoms with E-state index in [4.69, 9.17) is 5.11 Å². The molecule has 0 aromatic heterocycles. The largest absolute Gasteiger partial charge is 0.392 e. The molecule has 0 bridgehead atoms. The first-order chi connectivity index (χ1) is 3.31. The van der Waals surface area contributed by atoms with Gasteiger partial charge in [0.1, 0.15) is 0 Å². The highest BCUT2D eigenvalue weighted by atomic mass is 16.6. The van der Waals surface area contributed by atoms with Crippen LogP contribution in [0.5, 0.6) is 0 Å². The van der Waals surface area contributed by atoms with Gasteiger partial charge in [-0.3, -0.25) is 0 Å². The van der Waals surface area contributed by atoms with Gasteiger partial charge in [-0.15, -0.1) is 0 Å². The number of aliphatic hydroxyl groups is 1. The summed E-state index contributed by atoms with van der Waals surface area (Å²) in [4.78, 5) is 4.13. The Labute approximate surface area is 42.3 Å². The molecule has 0 saturated heterocycles. The SMILES string of the molecule is C=C(CO)CON. The predicted molar refractivity (Wildman–Crippen MR) is 26.4 cm³/mol. The molecular weight excluding hydrogens is 94.0 g/mol. The fourth-order valence-corrected chi connectivity index (χ4v) is 0.163. The minimum Gasteiger partial charge on any atom is -0.392 e. The fraction of sp³-hybridized carbons (Fsp3) is 0.500. The van der Waals surface area contributed by atoms with Gasteiger partial charge in [-0.1, -0.05) is 6.58 Å². The summed E-state index contributed by atoms with van der Waals surface area (Å²) < 4.78 is 0. The van der Waals surface area contributed by atoms with Crippen LogP contribution >= 0.6 is 0 Å². The number of rotatable bonds is 3. The normalized spacial score (nSPS) is 8.86. The van der Waals surface area contributed by atoms with Gasteiger partial charge in [0.15, 0.2) is 0 Å². The first-order valence-electron chi connectivity index (χ1n) is 1.90.